The summed E-state index contributed by atoms with van der Waals surface area (Å²) in [5.74, 6) is 0.973. The molecule has 0 bridgehead atoms. The molecule has 3 nitrogen and oxygen atoms in total. The first-order chi connectivity index (χ1) is 12.4. The van der Waals surface area contributed by atoms with Crippen molar-refractivity contribution in [1.29, 1.82) is 0 Å². The standard InChI is InChI=1S/C22H29ClN2O/c1-15-14-19(6-8-21(15)23)25-12-10-24(11-13-25)18(4)20-7-9-22(26-5)17(3)16(20)2/h6-9,14,18H,10-13H2,1-5H3. The topological polar surface area (TPSA) is 15.7 Å². The van der Waals surface area contributed by atoms with Gasteiger partial charge in [-0.15, -0.1) is 0 Å². The molecule has 1 heterocycles. The molecule has 4 heteroatoms. The second-order valence-electron chi connectivity index (χ2n) is 7.24. The van der Waals surface area contributed by atoms with Crippen LogP contribution in [0.15, 0.2) is 30.3 Å². The molecular formula is C22H29ClN2O. The van der Waals surface area contributed by atoms with E-state index in [4.69, 9.17) is 16.3 Å². The van der Waals surface area contributed by atoms with Crippen molar-refractivity contribution >= 4 is 17.3 Å². The summed E-state index contributed by atoms with van der Waals surface area (Å²) in [6.07, 6.45) is 0. The van der Waals surface area contributed by atoms with Gasteiger partial charge in [-0.2, -0.15) is 0 Å². The number of nitrogens with zero attached hydrogens (tertiary/aromatic N) is 2. The molecule has 0 amide bonds. The van der Waals surface area contributed by atoms with Gasteiger partial charge in [0.2, 0.25) is 0 Å². The van der Waals surface area contributed by atoms with Gasteiger partial charge in [0.05, 0.1) is 7.11 Å². The Labute approximate surface area is 162 Å². The molecule has 1 atom stereocenters. The summed E-state index contributed by atoms with van der Waals surface area (Å²) >= 11 is 6.17. The van der Waals surface area contributed by atoms with Crippen LogP contribution in [0.1, 0.15) is 35.2 Å². The molecule has 3 rings (SSSR count). The van der Waals surface area contributed by atoms with E-state index in [2.05, 4.69) is 61.8 Å². The maximum absolute atomic E-state index is 6.17. The van der Waals surface area contributed by atoms with E-state index in [9.17, 15) is 0 Å². The summed E-state index contributed by atoms with van der Waals surface area (Å²) in [5, 5.41) is 0.839. The predicted octanol–water partition coefficient (Wildman–Crippen LogP) is 5.16. The molecule has 0 aliphatic carbocycles. The molecule has 0 N–H and O–H groups in total. The fourth-order valence-electron chi connectivity index (χ4n) is 3.88. The Hall–Kier alpha value is -1.71. The Morgan fingerprint density at radius 3 is 2.27 bits per heavy atom. The lowest BCUT2D eigenvalue weighted by atomic mass is 9.96. The highest BCUT2D eigenvalue weighted by Gasteiger charge is 2.24. The third-order valence-electron chi connectivity index (χ3n) is 5.82. The minimum absolute atomic E-state index is 0.411. The molecule has 1 unspecified atom stereocenters. The molecule has 0 saturated carbocycles. The molecule has 26 heavy (non-hydrogen) atoms. The number of hydrogen-bond acceptors (Lipinski definition) is 3. The van der Waals surface area contributed by atoms with Crippen LogP contribution < -0.4 is 9.64 Å². The van der Waals surface area contributed by atoms with Gasteiger partial charge in [-0.25, -0.2) is 0 Å². The molecule has 1 aliphatic heterocycles. The monoisotopic (exact) mass is 372 g/mol. The van der Waals surface area contributed by atoms with Crippen molar-refractivity contribution in [2.75, 3.05) is 38.2 Å². The summed E-state index contributed by atoms with van der Waals surface area (Å²) in [4.78, 5) is 5.03. The number of anilines is 1. The zero-order valence-corrected chi connectivity index (χ0v) is 17.2. The van der Waals surface area contributed by atoms with Gasteiger partial charge in [0, 0.05) is 42.9 Å². The molecule has 1 aliphatic rings. The SMILES string of the molecule is COc1ccc(C(C)N2CCN(c3ccc(Cl)c(C)c3)CC2)c(C)c1C. The quantitative estimate of drug-likeness (QED) is 0.737. The van der Waals surface area contributed by atoms with Crippen molar-refractivity contribution in [3.05, 3.63) is 57.6 Å². The summed E-state index contributed by atoms with van der Waals surface area (Å²) < 4.78 is 5.46. The van der Waals surface area contributed by atoms with Crippen LogP contribution in [0.5, 0.6) is 5.75 Å². The summed E-state index contributed by atoms with van der Waals surface area (Å²) in [6, 6.07) is 11.1. The smallest absolute Gasteiger partial charge is 0.122 e. The molecule has 1 saturated heterocycles. The largest absolute Gasteiger partial charge is 0.496 e. The van der Waals surface area contributed by atoms with Crippen LogP contribution in [0, 0.1) is 20.8 Å². The maximum Gasteiger partial charge on any atom is 0.122 e. The van der Waals surface area contributed by atoms with Crippen molar-refractivity contribution in [2.45, 2.75) is 33.7 Å². The fraction of sp³-hybridized carbons (Fsp3) is 0.455. The van der Waals surface area contributed by atoms with E-state index in [0.717, 1.165) is 42.5 Å². The first-order valence-corrected chi connectivity index (χ1v) is 9.69. The Bertz CT molecular complexity index is 782. The number of methoxy groups -OCH3 is 1. The lowest BCUT2D eigenvalue weighted by molar-refractivity contribution is 0.198. The van der Waals surface area contributed by atoms with E-state index in [-0.39, 0.29) is 0 Å². The number of benzene rings is 2. The van der Waals surface area contributed by atoms with Crippen LogP contribution in [0.25, 0.3) is 0 Å². The van der Waals surface area contributed by atoms with Gasteiger partial charge >= 0.3 is 0 Å². The zero-order chi connectivity index (χ0) is 18.8. The van der Waals surface area contributed by atoms with Gasteiger partial charge in [0.1, 0.15) is 5.75 Å². The number of aryl methyl sites for hydroxylation is 1. The molecule has 2 aromatic rings. The van der Waals surface area contributed by atoms with Crippen molar-refractivity contribution < 1.29 is 4.74 Å². The van der Waals surface area contributed by atoms with Crippen LogP contribution in [0.4, 0.5) is 5.69 Å². The fourth-order valence-corrected chi connectivity index (χ4v) is 4.00. The number of piperazine rings is 1. The van der Waals surface area contributed by atoms with Gasteiger partial charge in [-0.05, 0) is 74.2 Å². The highest BCUT2D eigenvalue weighted by molar-refractivity contribution is 6.31. The van der Waals surface area contributed by atoms with Crippen LogP contribution >= 0.6 is 11.6 Å². The first-order valence-electron chi connectivity index (χ1n) is 9.31. The lowest BCUT2D eigenvalue weighted by Crippen LogP contribution is -2.47. The minimum atomic E-state index is 0.411. The molecule has 0 aromatic heterocycles. The van der Waals surface area contributed by atoms with Gasteiger partial charge in [-0.3, -0.25) is 4.90 Å². The third-order valence-corrected chi connectivity index (χ3v) is 6.24. The normalized spacial score (nSPS) is 16.6. The summed E-state index contributed by atoms with van der Waals surface area (Å²) in [7, 11) is 1.74. The van der Waals surface area contributed by atoms with E-state index in [0.29, 0.717) is 6.04 Å². The highest BCUT2D eigenvalue weighted by atomic mass is 35.5. The van der Waals surface area contributed by atoms with E-state index < -0.39 is 0 Å². The molecular weight excluding hydrogens is 344 g/mol. The van der Waals surface area contributed by atoms with Crippen molar-refractivity contribution in [2.24, 2.45) is 0 Å². The van der Waals surface area contributed by atoms with Crippen molar-refractivity contribution in [3.63, 3.8) is 0 Å². The van der Waals surface area contributed by atoms with Gasteiger partial charge in [0.15, 0.2) is 0 Å². The molecule has 0 radical (unpaired) electrons. The summed E-state index contributed by atoms with van der Waals surface area (Å²) in [5.41, 5.74) is 6.40. The number of ether oxygens (including phenoxy) is 1. The zero-order valence-electron chi connectivity index (χ0n) is 16.5. The van der Waals surface area contributed by atoms with Gasteiger partial charge in [-0.1, -0.05) is 17.7 Å². The molecule has 140 valence electrons. The van der Waals surface area contributed by atoms with E-state index in [1.165, 1.54) is 22.4 Å². The maximum atomic E-state index is 6.17. The molecule has 2 aromatic carbocycles. The van der Waals surface area contributed by atoms with E-state index >= 15 is 0 Å². The van der Waals surface area contributed by atoms with Gasteiger partial charge < -0.3 is 9.64 Å². The predicted molar refractivity (Wildman–Crippen MR) is 111 cm³/mol. The van der Waals surface area contributed by atoms with Gasteiger partial charge in [0.25, 0.3) is 0 Å². The Balaban J connectivity index is 1.69. The first kappa shape index (κ1) is 19.1. The number of hydrogen-bond donors (Lipinski definition) is 0. The van der Waals surface area contributed by atoms with E-state index in [1.54, 1.807) is 7.11 Å². The molecule has 1 fully saturated rings. The van der Waals surface area contributed by atoms with Crippen LogP contribution in [-0.4, -0.2) is 38.2 Å². The third kappa shape index (κ3) is 3.70. The summed E-state index contributed by atoms with van der Waals surface area (Å²) in [6.45, 7) is 12.9. The molecule has 0 spiro atoms. The second kappa shape index (κ2) is 7.89. The van der Waals surface area contributed by atoms with Crippen molar-refractivity contribution in [1.82, 2.24) is 4.90 Å². The average Bonchev–Trinajstić information content (AvgIpc) is 2.66. The van der Waals surface area contributed by atoms with Crippen LogP contribution in [0.3, 0.4) is 0 Å². The lowest BCUT2D eigenvalue weighted by Gasteiger charge is -2.40. The Morgan fingerprint density at radius 2 is 1.65 bits per heavy atom. The Morgan fingerprint density at radius 1 is 0.962 bits per heavy atom. The highest BCUT2D eigenvalue weighted by Crippen LogP contribution is 2.31. The Kier molecular flexibility index (Phi) is 5.79. The second-order valence-corrected chi connectivity index (χ2v) is 7.65. The van der Waals surface area contributed by atoms with E-state index in [1.807, 2.05) is 6.07 Å². The minimum Gasteiger partial charge on any atom is -0.496 e. The van der Waals surface area contributed by atoms with Crippen LogP contribution in [-0.2, 0) is 0 Å². The van der Waals surface area contributed by atoms with Crippen molar-refractivity contribution in [3.8, 4) is 5.75 Å². The van der Waals surface area contributed by atoms with Crippen LogP contribution in [0.2, 0.25) is 5.02 Å². The number of halogens is 1. The number of rotatable bonds is 4. The average molecular weight is 373 g/mol.